The SMILES string of the molecule is COc1cc2c(OCC3NC(=O)C4C3C4(C)C)nccc2cc1C(N)=O. The normalized spacial score (nSPS) is 25.5. The van der Waals surface area contributed by atoms with Crippen LogP contribution in [-0.4, -0.2) is 36.6 Å². The van der Waals surface area contributed by atoms with Crippen molar-refractivity contribution in [2.45, 2.75) is 19.9 Å². The van der Waals surface area contributed by atoms with Crippen LogP contribution >= 0.6 is 0 Å². The number of nitrogens with zero attached hydrogens (tertiary/aromatic N) is 1. The van der Waals surface area contributed by atoms with Crippen molar-refractivity contribution in [3.8, 4) is 11.6 Å². The zero-order valence-electron chi connectivity index (χ0n) is 14.9. The Morgan fingerprint density at radius 1 is 1.38 bits per heavy atom. The maximum absolute atomic E-state index is 12.0. The van der Waals surface area contributed by atoms with Crippen molar-refractivity contribution in [3.05, 3.63) is 30.0 Å². The molecule has 26 heavy (non-hydrogen) atoms. The number of nitrogens with two attached hydrogens (primary N) is 1. The second-order valence-electron chi connectivity index (χ2n) is 7.50. The number of hydrogen-bond acceptors (Lipinski definition) is 5. The van der Waals surface area contributed by atoms with Gasteiger partial charge in [-0.05, 0) is 29.0 Å². The molecular formula is C19H21N3O4. The van der Waals surface area contributed by atoms with Crippen LogP contribution in [0.1, 0.15) is 24.2 Å². The molecule has 7 nitrogen and oxygen atoms in total. The Bertz CT molecular complexity index is 924. The molecule has 3 unspecified atom stereocenters. The highest BCUT2D eigenvalue weighted by Crippen LogP contribution is 2.62. The molecule has 1 aliphatic heterocycles. The minimum absolute atomic E-state index is 0.0219. The van der Waals surface area contributed by atoms with Gasteiger partial charge in [0, 0.05) is 23.4 Å². The van der Waals surface area contributed by atoms with E-state index in [1.54, 1.807) is 24.4 Å². The molecule has 2 aliphatic rings. The maximum Gasteiger partial charge on any atom is 0.252 e. The smallest absolute Gasteiger partial charge is 0.252 e. The van der Waals surface area contributed by atoms with Crippen LogP contribution in [0, 0.1) is 17.3 Å². The molecule has 1 aromatic carbocycles. The van der Waals surface area contributed by atoms with Crippen LogP contribution in [0.4, 0.5) is 0 Å². The summed E-state index contributed by atoms with van der Waals surface area (Å²) >= 11 is 0. The molecule has 7 heteroatoms. The molecule has 1 aromatic heterocycles. The summed E-state index contributed by atoms with van der Waals surface area (Å²) in [6.07, 6.45) is 1.62. The summed E-state index contributed by atoms with van der Waals surface area (Å²) in [5.74, 6) is 0.732. The van der Waals surface area contributed by atoms with Gasteiger partial charge in [-0.1, -0.05) is 13.8 Å². The van der Waals surface area contributed by atoms with Gasteiger partial charge < -0.3 is 20.5 Å². The maximum atomic E-state index is 12.0. The summed E-state index contributed by atoms with van der Waals surface area (Å²) in [7, 11) is 1.48. The van der Waals surface area contributed by atoms with E-state index in [-0.39, 0.29) is 23.3 Å². The average molecular weight is 355 g/mol. The lowest BCUT2D eigenvalue weighted by Gasteiger charge is -2.19. The first kappa shape index (κ1) is 16.6. The van der Waals surface area contributed by atoms with Gasteiger partial charge in [0.25, 0.3) is 5.91 Å². The van der Waals surface area contributed by atoms with E-state index in [2.05, 4.69) is 24.1 Å². The Hall–Kier alpha value is -2.83. The van der Waals surface area contributed by atoms with Crippen LogP contribution in [0.5, 0.6) is 11.6 Å². The molecule has 2 heterocycles. The number of rotatable bonds is 5. The van der Waals surface area contributed by atoms with Gasteiger partial charge in [-0.3, -0.25) is 9.59 Å². The van der Waals surface area contributed by atoms with Crippen LogP contribution in [0.25, 0.3) is 10.8 Å². The lowest BCUT2D eigenvalue weighted by molar-refractivity contribution is -0.122. The predicted octanol–water partition coefficient (Wildman–Crippen LogP) is 1.49. The zero-order valence-corrected chi connectivity index (χ0v) is 14.9. The molecule has 1 saturated carbocycles. The van der Waals surface area contributed by atoms with Gasteiger partial charge in [0.2, 0.25) is 11.8 Å². The van der Waals surface area contributed by atoms with E-state index in [1.165, 1.54) is 7.11 Å². The fourth-order valence-corrected chi connectivity index (χ4v) is 4.26. The van der Waals surface area contributed by atoms with Gasteiger partial charge in [-0.2, -0.15) is 0 Å². The molecule has 0 bridgehead atoms. The van der Waals surface area contributed by atoms with E-state index in [9.17, 15) is 9.59 Å². The lowest BCUT2D eigenvalue weighted by Crippen LogP contribution is -2.38. The summed E-state index contributed by atoms with van der Waals surface area (Å²) in [6, 6.07) is 5.13. The monoisotopic (exact) mass is 355 g/mol. The van der Waals surface area contributed by atoms with Crippen LogP contribution in [0.2, 0.25) is 0 Å². The summed E-state index contributed by atoms with van der Waals surface area (Å²) < 4.78 is 11.2. The standard InChI is InChI=1S/C19H21N3O4/c1-19(2)14-12(22-17(24)15(14)19)8-26-18-10-7-13(25-3)11(16(20)23)6-9(10)4-5-21-18/h4-7,12,14-15H,8H2,1-3H3,(H2,20,23)(H,22,24). The number of primary amides is 1. The first-order chi connectivity index (χ1) is 12.3. The molecule has 0 spiro atoms. The highest BCUT2D eigenvalue weighted by molar-refractivity contribution is 6.01. The zero-order chi connectivity index (χ0) is 18.6. The minimum Gasteiger partial charge on any atom is -0.496 e. The molecular weight excluding hydrogens is 334 g/mol. The topological polar surface area (TPSA) is 104 Å². The van der Waals surface area contributed by atoms with Crippen molar-refractivity contribution in [2.75, 3.05) is 13.7 Å². The number of carbonyl (C=O) groups excluding carboxylic acids is 2. The molecule has 2 amide bonds. The number of hydrogen-bond donors (Lipinski definition) is 2. The number of benzene rings is 1. The average Bonchev–Trinajstić information content (AvgIpc) is 3.00. The molecule has 2 fully saturated rings. The number of fused-ring (bicyclic) bond motifs is 2. The fourth-order valence-electron chi connectivity index (χ4n) is 4.26. The van der Waals surface area contributed by atoms with Gasteiger partial charge >= 0.3 is 0 Å². The number of methoxy groups -OCH3 is 1. The lowest BCUT2D eigenvalue weighted by atomic mass is 10.0. The Labute approximate surface area is 150 Å². The number of ether oxygens (including phenoxy) is 2. The van der Waals surface area contributed by atoms with Gasteiger partial charge in [0.15, 0.2) is 0 Å². The van der Waals surface area contributed by atoms with E-state index in [4.69, 9.17) is 15.2 Å². The highest BCUT2D eigenvalue weighted by atomic mass is 16.5. The van der Waals surface area contributed by atoms with Crippen molar-refractivity contribution in [3.63, 3.8) is 0 Å². The number of amides is 2. The van der Waals surface area contributed by atoms with Crippen LogP contribution in [0.3, 0.4) is 0 Å². The number of aromatic nitrogens is 1. The number of nitrogens with one attached hydrogen (secondary N) is 1. The van der Waals surface area contributed by atoms with E-state index >= 15 is 0 Å². The fraction of sp³-hybridized carbons (Fsp3) is 0.421. The Kier molecular flexibility index (Phi) is 3.57. The summed E-state index contributed by atoms with van der Waals surface area (Å²) in [6.45, 7) is 4.57. The van der Waals surface area contributed by atoms with E-state index in [0.29, 0.717) is 29.7 Å². The molecule has 3 atom stereocenters. The highest BCUT2D eigenvalue weighted by Gasteiger charge is 2.69. The largest absolute Gasteiger partial charge is 0.496 e. The quantitative estimate of drug-likeness (QED) is 0.846. The van der Waals surface area contributed by atoms with Crippen molar-refractivity contribution in [1.82, 2.24) is 10.3 Å². The second-order valence-corrected chi connectivity index (χ2v) is 7.50. The van der Waals surface area contributed by atoms with Gasteiger partial charge in [-0.15, -0.1) is 0 Å². The van der Waals surface area contributed by atoms with Crippen LogP contribution in [0.15, 0.2) is 24.4 Å². The van der Waals surface area contributed by atoms with Gasteiger partial charge in [0.1, 0.15) is 12.4 Å². The van der Waals surface area contributed by atoms with E-state index in [0.717, 1.165) is 10.8 Å². The third-order valence-electron chi connectivity index (χ3n) is 5.67. The number of carbonyl (C=O) groups is 2. The molecule has 1 aliphatic carbocycles. The minimum atomic E-state index is -0.557. The van der Waals surface area contributed by atoms with Crippen molar-refractivity contribution < 1.29 is 19.1 Å². The molecule has 3 N–H and O–H groups in total. The predicted molar refractivity (Wildman–Crippen MR) is 95.0 cm³/mol. The summed E-state index contributed by atoms with van der Waals surface area (Å²) in [5, 5.41) is 4.51. The third kappa shape index (κ3) is 2.38. The van der Waals surface area contributed by atoms with Crippen molar-refractivity contribution >= 4 is 22.6 Å². The Morgan fingerprint density at radius 3 is 2.77 bits per heavy atom. The molecule has 2 aromatic rings. The molecule has 1 saturated heterocycles. The van der Waals surface area contributed by atoms with Crippen LogP contribution in [-0.2, 0) is 4.79 Å². The number of pyridine rings is 1. The number of piperidine rings is 1. The van der Waals surface area contributed by atoms with Crippen molar-refractivity contribution in [2.24, 2.45) is 23.0 Å². The van der Waals surface area contributed by atoms with Gasteiger partial charge in [-0.25, -0.2) is 4.98 Å². The Morgan fingerprint density at radius 2 is 2.15 bits per heavy atom. The summed E-state index contributed by atoms with van der Waals surface area (Å²) in [4.78, 5) is 27.9. The second kappa shape index (κ2) is 5.59. The first-order valence-electron chi connectivity index (χ1n) is 8.54. The van der Waals surface area contributed by atoms with Gasteiger partial charge in [0.05, 0.1) is 18.7 Å². The summed E-state index contributed by atoms with van der Waals surface area (Å²) in [5.41, 5.74) is 5.75. The van der Waals surface area contributed by atoms with Crippen LogP contribution < -0.4 is 20.5 Å². The first-order valence-corrected chi connectivity index (χ1v) is 8.54. The Balaban J connectivity index is 1.61. The van der Waals surface area contributed by atoms with E-state index < -0.39 is 5.91 Å². The van der Waals surface area contributed by atoms with Crippen molar-refractivity contribution in [1.29, 1.82) is 0 Å². The molecule has 136 valence electrons. The third-order valence-corrected chi connectivity index (χ3v) is 5.67. The molecule has 0 radical (unpaired) electrons. The van der Waals surface area contributed by atoms with E-state index in [1.807, 2.05) is 0 Å². The molecule has 4 rings (SSSR count).